The summed E-state index contributed by atoms with van der Waals surface area (Å²) in [6, 6.07) is 13.4. The monoisotopic (exact) mass is 421 g/mol. The Morgan fingerprint density at radius 1 is 1.16 bits per heavy atom. The van der Waals surface area contributed by atoms with Crippen molar-refractivity contribution in [3.05, 3.63) is 48.0 Å². The Labute approximate surface area is 183 Å². The molecule has 0 unspecified atom stereocenters. The number of nitrogens with one attached hydrogen (secondary N) is 2. The summed E-state index contributed by atoms with van der Waals surface area (Å²) < 4.78 is 0. The van der Waals surface area contributed by atoms with Crippen molar-refractivity contribution < 1.29 is 14.4 Å². The van der Waals surface area contributed by atoms with Gasteiger partial charge in [-0.25, -0.2) is 4.79 Å². The standard InChI is InChI=1S/C25H31N3O3/c1-16-12-24(3,4)15-25(13-16)22(30)28(23(31)27-25)14-21(29)26-17(2)19-10-9-18-7-5-6-8-20(18)11-19/h5-11,16-17H,12-15H2,1-4H3,(H,26,29)(H,27,31)/t16-,17+,25+/m1/s1. The number of rotatable bonds is 4. The van der Waals surface area contributed by atoms with Crippen molar-refractivity contribution in [2.45, 2.75) is 58.5 Å². The van der Waals surface area contributed by atoms with Crippen LogP contribution in [0, 0.1) is 11.3 Å². The average Bonchev–Trinajstić information content (AvgIpc) is 2.89. The van der Waals surface area contributed by atoms with E-state index >= 15 is 0 Å². The number of imide groups is 1. The summed E-state index contributed by atoms with van der Waals surface area (Å²) in [7, 11) is 0. The zero-order chi connectivity index (χ0) is 22.4. The Hall–Kier alpha value is -2.89. The van der Waals surface area contributed by atoms with Gasteiger partial charge in [-0.15, -0.1) is 0 Å². The minimum atomic E-state index is -0.886. The SMILES string of the molecule is C[C@@H]1CC(C)(C)C[C@]2(C1)NC(=O)N(CC(=O)N[C@@H](C)c1ccc3ccccc3c1)C2=O. The number of hydrogen-bond acceptors (Lipinski definition) is 3. The Kier molecular flexibility index (Phi) is 5.28. The third-order valence-electron chi connectivity index (χ3n) is 6.58. The molecule has 4 amide bonds. The normalized spacial score (nSPS) is 26.2. The van der Waals surface area contributed by atoms with Crippen molar-refractivity contribution >= 4 is 28.6 Å². The highest BCUT2D eigenvalue weighted by Gasteiger charge is 2.56. The van der Waals surface area contributed by atoms with Gasteiger partial charge >= 0.3 is 6.03 Å². The lowest BCUT2D eigenvalue weighted by Gasteiger charge is -2.43. The Morgan fingerprint density at radius 3 is 2.58 bits per heavy atom. The van der Waals surface area contributed by atoms with E-state index in [0.29, 0.717) is 18.8 Å². The summed E-state index contributed by atoms with van der Waals surface area (Å²) in [5.74, 6) is -0.287. The largest absolute Gasteiger partial charge is 0.348 e. The molecule has 6 heteroatoms. The van der Waals surface area contributed by atoms with Crippen LogP contribution in [-0.4, -0.2) is 34.8 Å². The van der Waals surface area contributed by atoms with Crippen molar-refractivity contribution in [1.29, 1.82) is 0 Å². The first-order chi connectivity index (χ1) is 14.6. The van der Waals surface area contributed by atoms with E-state index in [1.54, 1.807) is 0 Å². The number of fused-ring (bicyclic) bond motifs is 1. The van der Waals surface area contributed by atoms with Crippen LogP contribution in [0.2, 0.25) is 0 Å². The summed E-state index contributed by atoms with van der Waals surface area (Å²) in [6.45, 7) is 8.01. The lowest BCUT2D eigenvalue weighted by Crippen LogP contribution is -2.54. The molecule has 1 saturated carbocycles. The third kappa shape index (κ3) is 4.16. The Balaban J connectivity index is 1.44. The molecule has 0 radical (unpaired) electrons. The van der Waals surface area contributed by atoms with Crippen LogP contribution in [0.5, 0.6) is 0 Å². The number of carbonyl (C=O) groups is 3. The fourth-order valence-electron chi connectivity index (χ4n) is 5.64. The van der Waals surface area contributed by atoms with Crippen LogP contribution in [0.25, 0.3) is 10.8 Å². The molecule has 2 aromatic carbocycles. The molecule has 2 fully saturated rings. The molecule has 1 heterocycles. The molecule has 31 heavy (non-hydrogen) atoms. The molecule has 1 spiro atoms. The fraction of sp³-hybridized carbons (Fsp3) is 0.480. The molecule has 3 atom stereocenters. The summed E-state index contributed by atoms with van der Waals surface area (Å²) in [4.78, 5) is 39.6. The molecular formula is C25H31N3O3. The maximum absolute atomic E-state index is 13.2. The van der Waals surface area contributed by atoms with E-state index in [1.807, 2.05) is 43.3 Å². The van der Waals surface area contributed by atoms with Gasteiger partial charge in [0.25, 0.3) is 5.91 Å². The quantitative estimate of drug-likeness (QED) is 0.728. The second-order valence-corrected chi connectivity index (χ2v) is 10.2. The van der Waals surface area contributed by atoms with E-state index in [-0.39, 0.29) is 29.8 Å². The van der Waals surface area contributed by atoms with Crippen LogP contribution in [0.3, 0.4) is 0 Å². The topological polar surface area (TPSA) is 78.5 Å². The van der Waals surface area contributed by atoms with Gasteiger partial charge in [0.05, 0.1) is 6.04 Å². The van der Waals surface area contributed by atoms with Crippen molar-refractivity contribution in [3.63, 3.8) is 0 Å². The molecule has 4 rings (SSSR count). The van der Waals surface area contributed by atoms with Crippen molar-refractivity contribution in [1.82, 2.24) is 15.5 Å². The van der Waals surface area contributed by atoms with Gasteiger partial charge in [-0.3, -0.25) is 14.5 Å². The lowest BCUT2D eigenvalue weighted by atomic mass is 9.64. The van der Waals surface area contributed by atoms with Gasteiger partial charge in [0.1, 0.15) is 12.1 Å². The van der Waals surface area contributed by atoms with E-state index in [1.165, 1.54) is 0 Å². The Morgan fingerprint density at radius 2 is 1.87 bits per heavy atom. The van der Waals surface area contributed by atoms with Gasteiger partial charge < -0.3 is 10.6 Å². The molecule has 1 aliphatic carbocycles. The summed E-state index contributed by atoms with van der Waals surface area (Å²) in [6.07, 6.45) is 2.23. The molecule has 164 valence electrons. The molecular weight excluding hydrogens is 390 g/mol. The zero-order valence-corrected chi connectivity index (χ0v) is 18.7. The van der Waals surface area contributed by atoms with Crippen molar-refractivity contribution in [2.24, 2.45) is 11.3 Å². The smallest absolute Gasteiger partial charge is 0.325 e. The number of hydrogen-bond donors (Lipinski definition) is 2. The van der Waals surface area contributed by atoms with Gasteiger partial charge in [0.2, 0.25) is 5.91 Å². The highest BCUT2D eigenvalue weighted by molar-refractivity contribution is 6.09. The lowest BCUT2D eigenvalue weighted by molar-refractivity contribution is -0.137. The molecule has 2 aliphatic rings. The summed E-state index contributed by atoms with van der Waals surface area (Å²) in [5, 5.41) is 8.10. The van der Waals surface area contributed by atoms with Gasteiger partial charge in [-0.2, -0.15) is 0 Å². The van der Waals surface area contributed by atoms with Crippen LogP contribution in [0.15, 0.2) is 42.5 Å². The predicted octanol–water partition coefficient (Wildman–Crippen LogP) is 4.15. The van der Waals surface area contributed by atoms with Crippen molar-refractivity contribution in [3.8, 4) is 0 Å². The van der Waals surface area contributed by atoms with E-state index in [4.69, 9.17) is 0 Å². The van der Waals surface area contributed by atoms with Gasteiger partial charge in [-0.05, 0) is 59.9 Å². The first-order valence-corrected chi connectivity index (χ1v) is 11.0. The number of carbonyl (C=O) groups excluding carboxylic acids is 3. The third-order valence-corrected chi connectivity index (χ3v) is 6.58. The van der Waals surface area contributed by atoms with Gasteiger partial charge in [0.15, 0.2) is 0 Å². The van der Waals surface area contributed by atoms with Crippen molar-refractivity contribution in [2.75, 3.05) is 6.54 Å². The van der Waals surface area contributed by atoms with Crippen LogP contribution in [0.4, 0.5) is 4.79 Å². The minimum absolute atomic E-state index is 0.0382. The van der Waals surface area contributed by atoms with Gasteiger partial charge in [0, 0.05) is 0 Å². The molecule has 2 N–H and O–H groups in total. The first kappa shape index (κ1) is 21.3. The molecule has 1 saturated heterocycles. The van der Waals surface area contributed by atoms with Crippen LogP contribution in [0.1, 0.15) is 58.6 Å². The molecule has 1 aliphatic heterocycles. The molecule has 0 bridgehead atoms. The van der Waals surface area contributed by atoms with Gasteiger partial charge in [-0.1, -0.05) is 57.2 Å². The summed E-state index contributed by atoms with van der Waals surface area (Å²) >= 11 is 0. The highest BCUT2D eigenvalue weighted by atomic mass is 16.2. The average molecular weight is 422 g/mol. The minimum Gasteiger partial charge on any atom is -0.348 e. The van der Waals surface area contributed by atoms with E-state index < -0.39 is 11.6 Å². The molecule has 6 nitrogen and oxygen atoms in total. The summed E-state index contributed by atoms with van der Waals surface area (Å²) in [5.41, 5.74) is 0.0509. The van der Waals surface area contributed by atoms with E-state index in [0.717, 1.165) is 27.7 Å². The second-order valence-electron chi connectivity index (χ2n) is 10.2. The Bertz CT molecular complexity index is 1050. The maximum atomic E-state index is 13.2. The van der Waals surface area contributed by atoms with E-state index in [9.17, 15) is 14.4 Å². The first-order valence-electron chi connectivity index (χ1n) is 11.0. The number of urea groups is 1. The second kappa shape index (κ2) is 7.66. The fourth-order valence-corrected chi connectivity index (χ4v) is 5.64. The highest BCUT2D eigenvalue weighted by Crippen LogP contribution is 2.46. The van der Waals surface area contributed by atoms with Crippen LogP contribution >= 0.6 is 0 Å². The molecule has 0 aromatic heterocycles. The van der Waals surface area contributed by atoms with Crippen LogP contribution in [-0.2, 0) is 9.59 Å². The number of nitrogens with zero attached hydrogens (tertiary/aromatic N) is 1. The van der Waals surface area contributed by atoms with E-state index in [2.05, 4.69) is 37.5 Å². The number of amides is 4. The number of benzene rings is 2. The van der Waals surface area contributed by atoms with Crippen LogP contribution < -0.4 is 10.6 Å². The zero-order valence-electron chi connectivity index (χ0n) is 18.7. The molecule has 2 aromatic rings. The predicted molar refractivity (Wildman–Crippen MR) is 120 cm³/mol. The maximum Gasteiger partial charge on any atom is 0.325 e.